The molecule has 1 amide bonds. The van der Waals surface area contributed by atoms with E-state index in [1.807, 2.05) is 54.3 Å². The number of piperazine rings is 1. The molecule has 0 aromatic heterocycles. The Morgan fingerprint density at radius 2 is 1.77 bits per heavy atom. The van der Waals surface area contributed by atoms with Crippen LogP contribution in [0.15, 0.2) is 42.5 Å². The van der Waals surface area contributed by atoms with Crippen molar-refractivity contribution in [2.24, 2.45) is 0 Å². The summed E-state index contributed by atoms with van der Waals surface area (Å²) in [5.74, 6) is 0.755. The normalized spacial score (nSPS) is 15.7. The Balaban J connectivity index is 1.57. The van der Waals surface area contributed by atoms with Gasteiger partial charge in [0.1, 0.15) is 5.75 Å². The van der Waals surface area contributed by atoms with Gasteiger partial charge >= 0.3 is 0 Å². The Morgan fingerprint density at radius 3 is 2.42 bits per heavy atom. The van der Waals surface area contributed by atoms with Crippen LogP contribution in [-0.4, -0.2) is 43.1 Å². The third kappa shape index (κ3) is 4.62. The van der Waals surface area contributed by atoms with Crippen LogP contribution in [-0.2, 0) is 4.79 Å². The van der Waals surface area contributed by atoms with Gasteiger partial charge in [-0.2, -0.15) is 0 Å². The van der Waals surface area contributed by atoms with E-state index in [1.54, 1.807) is 0 Å². The second-order valence-electron chi connectivity index (χ2n) is 6.46. The highest BCUT2D eigenvalue weighted by molar-refractivity contribution is 14.1. The number of hydrogen-bond donors (Lipinski definition) is 0. The van der Waals surface area contributed by atoms with Crippen molar-refractivity contribution in [1.82, 2.24) is 4.90 Å². The van der Waals surface area contributed by atoms with E-state index in [0.29, 0.717) is 13.1 Å². The van der Waals surface area contributed by atoms with Crippen LogP contribution in [0.5, 0.6) is 5.75 Å². The topological polar surface area (TPSA) is 32.8 Å². The molecule has 6 heteroatoms. The van der Waals surface area contributed by atoms with Gasteiger partial charge in [-0.25, -0.2) is 0 Å². The predicted octanol–water partition coefficient (Wildman–Crippen LogP) is 4.37. The lowest BCUT2D eigenvalue weighted by Crippen LogP contribution is -2.52. The van der Waals surface area contributed by atoms with Gasteiger partial charge in [-0.05, 0) is 78.4 Å². The highest BCUT2D eigenvalue weighted by Gasteiger charge is 2.26. The van der Waals surface area contributed by atoms with Crippen LogP contribution in [0.25, 0.3) is 0 Å². The number of anilines is 1. The molecule has 2 aromatic carbocycles. The molecule has 0 bridgehead atoms. The second kappa shape index (κ2) is 8.48. The minimum atomic E-state index is -0.491. The van der Waals surface area contributed by atoms with Crippen molar-refractivity contribution >= 4 is 45.8 Å². The summed E-state index contributed by atoms with van der Waals surface area (Å²) in [7, 11) is 0. The summed E-state index contributed by atoms with van der Waals surface area (Å²) in [6.45, 7) is 6.86. The van der Waals surface area contributed by atoms with E-state index in [-0.39, 0.29) is 5.91 Å². The Bertz CT molecular complexity index is 774. The number of nitrogens with zero attached hydrogens (tertiary/aromatic N) is 2. The second-order valence-corrected chi connectivity index (χ2v) is 8.14. The van der Waals surface area contributed by atoms with Crippen molar-refractivity contribution in [3.8, 4) is 5.75 Å². The number of hydrogen-bond acceptors (Lipinski definition) is 3. The Hall–Kier alpha value is -1.47. The van der Waals surface area contributed by atoms with Crippen LogP contribution >= 0.6 is 34.2 Å². The fourth-order valence-electron chi connectivity index (χ4n) is 3.12. The maximum atomic E-state index is 12.7. The van der Waals surface area contributed by atoms with Crippen LogP contribution in [0.3, 0.4) is 0 Å². The monoisotopic (exact) mass is 484 g/mol. The Kier molecular flexibility index (Phi) is 6.29. The smallest absolute Gasteiger partial charge is 0.263 e. The van der Waals surface area contributed by atoms with Gasteiger partial charge in [-0.1, -0.05) is 17.7 Å². The molecule has 1 heterocycles. The molecule has 0 N–H and O–H groups in total. The van der Waals surface area contributed by atoms with Crippen LogP contribution in [0.2, 0.25) is 5.02 Å². The molecule has 26 heavy (non-hydrogen) atoms. The third-order valence-corrected chi connectivity index (χ3v) is 5.53. The number of halogens is 2. The molecule has 1 unspecified atom stereocenters. The first-order valence-corrected chi connectivity index (χ1v) is 10.1. The zero-order valence-electron chi connectivity index (χ0n) is 14.9. The van der Waals surface area contributed by atoms with E-state index < -0.39 is 6.10 Å². The number of ether oxygens (including phenoxy) is 1. The van der Waals surface area contributed by atoms with E-state index >= 15 is 0 Å². The molecule has 0 spiro atoms. The van der Waals surface area contributed by atoms with E-state index in [2.05, 4.69) is 34.4 Å². The van der Waals surface area contributed by atoms with Crippen molar-refractivity contribution in [2.75, 3.05) is 31.1 Å². The average Bonchev–Trinajstić information content (AvgIpc) is 2.65. The molecule has 1 saturated heterocycles. The summed E-state index contributed by atoms with van der Waals surface area (Å²) in [6.07, 6.45) is -0.491. The van der Waals surface area contributed by atoms with Crippen molar-refractivity contribution in [3.63, 3.8) is 0 Å². The van der Waals surface area contributed by atoms with Crippen LogP contribution < -0.4 is 9.64 Å². The number of carbonyl (C=O) groups is 1. The summed E-state index contributed by atoms with van der Waals surface area (Å²) >= 11 is 8.38. The SMILES string of the molecule is Cc1ccc(Cl)cc1N1CCN(C(=O)C(C)Oc2ccc(I)cc2)CC1. The zero-order valence-corrected chi connectivity index (χ0v) is 17.8. The maximum absolute atomic E-state index is 12.7. The van der Waals surface area contributed by atoms with E-state index in [9.17, 15) is 4.79 Å². The molecule has 1 fully saturated rings. The molecule has 1 aliphatic heterocycles. The van der Waals surface area contributed by atoms with Gasteiger partial charge in [0.15, 0.2) is 6.10 Å². The Labute approximate surface area is 173 Å². The third-order valence-electron chi connectivity index (χ3n) is 4.58. The average molecular weight is 485 g/mol. The molecule has 2 aromatic rings. The standard InChI is InChI=1S/C20H22ClIN2O2/c1-14-3-4-16(21)13-19(14)23-9-11-24(12-10-23)20(25)15(2)26-18-7-5-17(22)6-8-18/h3-8,13,15H,9-12H2,1-2H3. The number of carbonyl (C=O) groups excluding carboxylic acids is 1. The Morgan fingerprint density at radius 1 is 1.12 bits per heavy atom. The molecule has 138 valence electrons. The maximum Gasteiger partial charge on any atom is 0.263 e. The number of rotatable bonds is 4. The first-order chi connectivity index (χ1) is 12.4. The zero-order chi connectivity index (χ0) is 18.7. The number of aryl methyl sites for hydroxylation is 1. The van der Waals surface area contributed by atoms with E-state index in [4.69, 9.17) is 16.3 Å². The van der Waals surface area contributed by atoms with Gasteiger partial charge in [0, 0.05) is 40.5 Å². The highest BCUT2D eigenvalue weighted by atomic mass is 127. The van der Waals surface area contributed by atoms with Crippen molar-refractivity contribution in [1.29, 1.82) is 0 Å². The molecule has 0 aliphatic carbocycles. The summed E-state index contributed by atoms with van der Waals surface area (Å²) in [4.78, 5) is 16.9. The van der Waals surface area contributed by atoms with Gasteiger partial charge in [0.25, 0.3) is 5.91 Å². The quantitative estimate of drug-likeness (QED) is 0.604. The number of amides is 1. The highest BCUT2D eigenvalue weighted by Crippen LogP contribution is 2.25. The molecule has 0 saturated carbocycles. The lowest BCUT2D eigenvalue weighted by molar-refractivity contribution is -0.138. The molecular formula is C20H22ClIN2O2. The largest absolute Gasteiger partial charge is 0.481 e. The fraction of sp³-hybridized carbons (Fsp3) is 0.350. The van der Waals surface area contributed by atoms with Crippen LogP contribution in [0.4, 0.5) is 5.69 Å². The van der Waals surface area contributed by atoms with Crippen molar-refractivity contribution < 1.29 is 9.53 Å². The van der Waals surface area contributed by atoms with Gasteiger partial charge < -0.3 is 14.5 Å². The first-order valence-electron chi connectivity index (χ1n) is 8.66. The lowest BCUT2D eigenvalue weighted by Gasteiger charge is -2.37. The fourth-order valence-corrected chi connectivity index (χ4v) is 3.64. The summed E-state index contributed by atoms with van der Waals surface area (Å²) < 4.78 is 6.95. The summed E-state index contributed by atoms with van der Waals surface area (Å²) in [5.41, 5.74) is 2.34. The summed E-state index contributed by atoms with van der Waals surface area (Å²) in [6, 6.07) is 13.7. The molecule has 1 aliphatic rings. The van der Waals surface area contributed by atoms with Gasteiger partial charge in [-0.15, -0.1) is 0 Å². The van der Waals surface area contributed by atoms with Crippen molar-refractivity contribution in [2.45, 2.75) is 20.0 Å². The molecule has 0 radical (unpaired) electrons. The first kappa shape index (κ1) is 19.3. The van der Waals surface area contributed by atoms with Crippen LogP contribution in [0.1, 0.15) is 12.5 Å². The number of benzene rings is 2. The van der Waals surface area contributed by atoms with E-state index in [1.165, 1.54) is 5.56 Å². The minimum Gasteiger partial charge on any atom is -0.481 e. The lowest BCUT2D eigenvalue weighted by atomic mass is 10.1. The van der Waals surface area contributed by atoms with Gasteiger partial charge in [0.2, 0.25) is 0 Å². The molecule has 3 rings (SSSR count). The van der Waals surface area contributed by atoms with Crippen LogP contribution in [0, 0.1) is 10.5 Å². The predicted molar refractivity (Wildman–Crippen MR) is 114 cm³/mol. The van der Waals surface area contributed by atoms with Gasteiger partial charge in [-0.3, -0.25) is 4.79 Å². The summed E-state index contributed by atoms with van der Waals surface area (Å²) in [5, 5.41) is 0.739. The molecule has 4 nitrogen and oxygen atoms in total. The molecule has 1 atom stereocenters. The minimum absolute atomic E-state index is 0.0333. The molecular weight excluding hydrogens is 463 g/mol. The van der Waals surface area contributed by atoms with Gasteiger partial charge in [0.05, 0.1) is 0 Å². The van der Waals surface area contributed by atoms with Crippen molar-refractivity contribution in [3.05, 3.63) is 56.6 Å². The van der Waals surface area contributed by atoms with E-state index in [0.717, 1.165) is 33.1 Å².